The van der Waals surface area contributed by atoms with Crippen LogP contribution in [0.3, 0.4) is 0 Å². The van der Waals surface area contributed by atoms with Crippen molar-refractivity contribution >= 4 is 34.9 Å². The molecular weight excluding hydrogens is 481 g/mol. The number of amides is 2. The lowest BCUT2D eigenvalue weighted by Gasteiger charge is -2.34. The molecule has 1 fully saturated rings. The largest absolute Gasteiger partial charge is 0.369 e. The minimum Gasteiger partial charge on any atom is -0.369 e. The number of benzene rings is 3. The number of hydrogen-bond acceptors (Lipinski definition) is 3. The Labute approximate surface area is 217 Å². The molecule has 4 rings (SSSR count). The van der Waals surface area contributed by atoms with E-state index in [1.54, 1.807) is 0 Å². The number of halogens is 2. The Morgan fingerprint density at radius 2 is 1.46 bits per heavy atom. The van der Waals surface area contributed by atoms with Crippen molar-refractivity contribution in [1.29, 1.82) is 0 Å². The van der Waals surface area contributed by atoms with E-state index in [9.17, 15) is 4.79 Å². The maximum absolute atomic E-state index is 12.6. The van der Waals surface area contributed by atoms with E-state index in [0.717, 1.165) is 61.5 Å². The quantitative estimate of drug-likeness (QED) is 0.344. The lowest BCUT2D eigenvalue weighted by Crippen LogP contribution is -2.50. The highest BCUT2D eigenvalue weighted by atomic mass is 35.5. The zero-order valence-electron chi connectivity index (χ0n) is 19.9. The molecule has 1 heterocycles. The van der Waals surface area contributed by atoms with Gasteiger partial charge < -0.3 is 15.0 Å². The van der Waals surface area contributed by atoms with Crippen LogP contribution in [-0.4, -0.2) is 55.2 Å². The SMILES string of the molecule is Cc1ccccc1NC(=O)N1CCN(CCCOC(c2ccc(Cl)cc2)c2ccc(Cl)cc2)CC1. The van der Waals surface area contributed by atoms with Crippen molar-refractivity contribution in [2.45, 2.75) is 19.4 Å². The highest BCUT2D eigenvalue weighted by Gasteiger charge is 2.21. The summed E-state index contributed by atoms with van der Waals surface area (Å²) >= 11 is 12.2. The molecule has 0 saturated carbocycles. The van der Waals surface area contributed by atoms with Crippen molar-refractivity contribution < 1.29 is 9.53 Å². The van der Waals surface area contributed by atoms with E-state index in [1.807, 2.05) is 84.6 Å². The lowest BCUT2D eigenvalue weighted by atomic mass is 10.0. The van der Waals surface area contributed by atoms with Crippen LogP contribution < -0.4 is 5.32 Å². The molecule has 2 amide bonds. The van der Waals surface area contributed by atoms with Gasteiger partial charge >= 0.3 is 6.03 Å². The number of nitrogens with one attached hydrogen (secondary N) is 1. The van der Waals surface area contributed by atoms with Crippen molar-refractivity contribution in [2.24, 2.45) is 0 Å². The molecule has 184 valence electrons. The van der Waals surface area contributed by atoms with E-state index >= 15 is 0 Å². The Hall–Kier alpha value is -2.57. The molecule has 0 spiro atoms. The number of anilines is 1. The van der Waals surface area contributed by atoms with Gasteiger partial charge in [0.15, 0.2) is 0 Å². The number of aryl methyl sites for hydroxylation is 1. The lowest BCUT2D eigenvalue weighted by molar-refractivity contribution is 0.0670. The molecule has 0 radical (unpaired) electrons. The summed E-state index contributed by atoms with van der Waals surface area (Å²) in [7, 11) is 0. The first-order valence-electron chi connectivity index (χ1n) is 12.0. The second-order valence-corrected chi connectivity index (χ2v) is 9.65. The predicted molar refractivity (Wildman–Crippen MR) is 144 cm³/mol. The minimum atomic E-state index is -0.175. The normalized spacial score (nSPS) is 14.3. The van der Waals surface area contributed by atoms with Gasteiger partial charge in [-0.15, -0.1) is 0 Å². The van der Waals surface area contributed by atoms with Gasteiger partial charge in [0.2, 0.25) is 0 Å². The topological polar surface area (TPSA) is 44.8 Å². The van der Waals surface area contributed by atoms with Gasteiger partial charge in [0.1, 0.15) is 6.10 Å². The van der Waals surface area contributed by atoms with Gasteiger partial charge in [0.25, 0.3) is 0 Å². The first-order chi connectivity index (χ1) is 17.0. The molecule has 3 aromatic carbocycles. The third kappa shape index (κ3) is 7.21. The first kappa shape index (κ1) is 25.5. The molecule has 35 heavy (non-hydrogen) atoms. The summed E-state index contributed by atoms with van der Waals surface area (Å²) in [5, 5.41) is 4.44. The summed E-state index contributed by atoms with van der Waals surface area (Å²) in [5.41, 5.74) is 4.05. The number of para-hydroxylation sites is 1. The fourth-order valence-corrected chi connectivity index (χ4v) is 4.48. The molecule has 0 bridgehead atoms. The van der Waals surface area contributed by atoms with Gasteiger partial charge in [-0.1, -0.05) is 65.7 Å². The van der Waals surface area contributed by atoms with Crippen LogP contribution in [0, 0.1) is 6.92 Å². The van der Waals surface area contributed by atoms with Crippen LogP contribution in [0.25, 0.3) is 0 Å². The average Bonchev–Trinajstić information content (AvgIpc) is 2.87. The Morgan fingerprint density at radius 1 is 0.886 bits per heavy atom. The minimum absolute atomic E-state index is 0.0314. The van der Waals surface area contributed by atoms with E-state index < -0.39 is 0 Å². The molecule has 0 aliphatic carbocycles. The van der Waals surface area contributed by atoms with Crippen molar-refractivity contribution in [1.82, 2.24) is 9.80 Å². The Bertz CT molecular complexity index is 1050. The van der Waals surface area contributed by atoms with Crippen LogP contribution in [0.2, 0.25) is 10.0 Å². The molecular formula is C28H31Cl2N3O2. The number of carbonyl (C=O) groups is 1. The van der Waals surface area contributed by atoms with Crippen LogP contribution in [0.4, 0.5) is 10.5 Å². The van der Waals surface area contributed by atoms with Crippen LogP contribution in [0.5, 0.6) is 0 Å². The smallest absolute Gasteiger partial charge is 0.321 e. The first-order valence-corrected chi connectivity index (χ1v) is 12.7. The third-order valence-electron chi connectivity index (χ3n) is 6.29. The summed E-state index contributed by atoms with van der Waals surface area (Å²) in [5.74, 6) is 0. The van der Waals surface area contributed by atoms with E-state index in [4.69, 9.17) is 27.9 Å². The van der Waals surface area contributed by atoms with Crippen LogP contribution >= 0.6 is 23.2 Å². The number of ether oxygens (including phenoxy) is 1. The second-order valence-electron chi connectivity index (χ2n) is 8.78. The highest BCUT2D eigenvalue weighted by molar-refractivity contribution is 6.30. The van der Waals surface area contributed by atoms with Crippen LogP contribution in [-0.2, 0) is 4.74 Å². The third-order valence-corrected chi connectivity index (χ3v) is 6.80. The maximum Gasteiger partial charge on any atom is 0.321 e. The summed E-state index contributed by atoms with van der Waals surface area (Å²) in [6, 6.07) is 23.4. The summed E-state index contributed by atoms with van der Waals surface area (Å²) < 4.78 is 6.33. The Morgan fingerprint density at radius 3 is 2.03 bits per heavy atom. The molecule has 0 atom stereocenters. The average molecular weight is 512 g/mol. The summed E-state index contributed by atoms with van der Waals surface area (Å²) in [6.45, 7) is 6.72. The van der Waals surface area contributed by atoms with Gasteiger partial charge in [0, 0.05) is 55.1 Å². The second kappa shape index (κ2) is 12.4. The van der Waals surface area contributed by atoms with Crippen molar-refractivity contribution in [3.8, 4) is 0 Å². The maximum atomic E-state index is 12.6. The van der Waals surface area contributed by atoms with E-state index in [2.05, 4.69) is 10.2 Å². The molecule has 1 aliphatic heterocycles. The number of hydrogen-bond donors (Lipinski definition) is 1. The standard InChI is InChI=1S/C28H31Cl2N3O2/c1-21-5-2-3-6-26(21)31-28(34)33-18-16-32(17-19-33)15-4-20-35-27(22-7-11-24(29)12-8-22)23-9-13-25(30)14-10-23/h2-3,5-14,27H,4,15-20H2,1H3,(H,31,34). The van der Waals surface area contributed by atoms with Crippen LogP contribution in [0.1, 0.15) is 29.2 Å². The van der Waals surface area contributed by atoms with E-state index in [-0.39, 0.29) is 12.1 Å². The number of piperazine rings is 1. The highest BCUT2D eigenvalue weighted by Crippen LogP contribution is 2.28. The molecule has 0 aromatic heterocycles. The van der Waals surface area contributed by atoms with E-state index in [1.165, 1.54) is 0 Å². The van der Waals surface area contributed by atoms with Gasteiger partial charge in [-0.3, -0.25) is 4.90 Å². The molecule has 1 N–H and O–H groups in total. The zero-order valence-corrected chi connectivity index (χ0v) is 21.4. The molecule has 7 heteroatoms. The molecule has 1 saturated heterocycles. The summed E-state index contributed by atoms with van der Waals surface area (Å²) in [4.78, 5) is 16.9. The molecule has 5 nitrogen and oxygen atoms in total. The van der Waals surface area contributed by atoms with Crippen molar-refractivity contribution in [3.05, 3.63) is 99.5 Å². The molecule has 1 aliphatic rings. The zero-order chi connectivity index (χ0) is 24.6. The van der Waals surface area contributed by atoms with Crippen molar-refractivity contribution in [3.63, 3.8) is 0 Å². The number of nitrogens with zero attached hydrogens (tertiary/aromatic N) is 2. The van der Waals surface area contributed by atoms with Gasteiger partial charge in [-0.05, 0) is 60.4 Å². The predicted octanol–water partition coefficient (Wildman–Crippen LogP) is 6.65. The Balaban J connectivity index is 1.24. The van der Waals surface area contributed by atoms with Gasteiger partial charge in [0.05, 0.1) is 0 Å². The number of carbonyl (C=O) groups excluding carboxylic acids is 1. The molecule has 0 unspecified atom stereocenters. The number of urea groups is 1. The monoisotopic (exact) mass is 511 g/mol. The number of rotatable bonds is 8. The van der Waals surface area contributed by atoms with E-state index in [0.29, 0.717) is 16.7 Å². The fraction of sp³-hybridized carbons (Fsp3) is 0.321. The van der Waals surface area contributed by atoms with Crippen molar-refractivity contribution in [2.75, 3.05) is 44.6 Å². The van der Waals surface area contributed by atoms with Gasteiger partial charge in [-0.25, -0.2) is 4.79 Å². The Kier molecular flexibility index (Phi) is 9.05. The van der Waals surface area contributed by atoms with Gasteiger partial charge in [-0.2, -0.15) is 0 Å². The molecule has 3 aromatic rings. The summed E-state index contributed by atoms with van der Waals surface area (Å²) in [6.07, 6.45) is 0.735. The van der Waals surface area contributed by atoms with Crippen LogP contribution in [0.15, 0.2) is 72.8 Å². The fourth-order valence-electron chi connectivity index (χ4n) is 4.23.